The molecule has 0 bridgehead atoms. The van der Waals surface area contributed by atoms with Gasteiger partial charge in [0.2, 0.25) is 5.91 Å². The topological polar surface area (TPSA) is 36.4 Å². The van der Waals surface area contributed by atoms with Gasteiger partial charge in [0.15, 0.2) is 0 Å². The van der Waals surface area contributed by atoms with E-state index in [1.54, 1.807) is 0 Å². The van der Waals surface area contributed by atoms with Crippen LogP contribution in [0.25, 0.3) is 5.57 Å². The number of carbonyl (C=O) groups is 1. The summed E-state index contributed by atoms with van der Waals surface area (Å²) in [4.78, 5) is 21.6. The Morgan fingerprint density at radius 2 is 1.97 bits per heavy atom. The SMILES string of the molecule is CN(C)CCN1C(=O)CC[C@@]2(C)C1=CC[C@@H]1[C@@H]2CC[C@]2(C)C(c3cccnc3)=CC[C@@H]12. The zero-order valence-corrected chi connectivity index (χ0v) is 19.6. The summed E-state index contributed by atoms with van der Waals surface area (Å²) in [6.45, 7) is 6.72. The smallest absolute Gasteiger partial charge is 0.226 e. The molecule has 5 rings (SSSR count). The van der Waals surface area contributed by atoms with Crippen molar-refractivity contribution in [3.05, 3.63) is 47.9 Å². The first-order chi connectivity index (χ1) is 14.8. The van der Waals surface area contributed by atoms with E-state index in [1.165, 1.54) is 36.1 Å². The molecule has 0 radical (unpaired) electrons. The predicted octanol–water partition coefficient (Wildman–Crippen LogP) is 5.00. The van der Waals surface area contributed by atoms with E-state index in [-0.39, 0.29) is 10.8 Å². The molecule has 1 aromatic heterocycles. The standard InChI is InChI=1S/C27H37N3O/c1-26-13-11-23-20(22(26)9-8-21(26)19-6-5-15-28-18-19)7-10-24-27(23,2)14-12-25(31)30(24)17-16-29(3)4/h5-6,8,10,15,18,20,22-23H,7,9,11-14,16-17H2,1-4H3/t20-,22-,23-,26+,27+/m0/s1. The zero-order valence-electron chi connectivity index (χ0n) is 19.6. The molecule has 0 spiro atoms. The average molecular weight is 420 g/mol. The molecule has 4 aliphatic rings. The summed E-state index contributed by atoms with van der Waals surface area (Å²) in [6, 6.07) is 4.30. The van der Waals surface area contributed by atoms with Crippen LogP contribution in [-0.4, -0.2) is 47.9 Å². The minimum absolute atomic E-state index is 0.140. The van der Waals surface area contributed by atoms with Crippen LogP contribution in [0, 0.1) is 28.6 Å². The van der Waals surface area contributed by atoms with Crippen LogP contribution in [0.1, 0.15) is 57.9 Å². The van der Waals surface area contributed by atoms with E-state index in [0.29, 0.717) is 30.1 Å². The molecular formula is C27H37N3O. The highest BCUT2D eigenvalue weighted by molar-refractivity contribution is 5.80. The summed E-state index contributed by atoms with van der Waals surface area (Å²) < 4.78 is 0. The number of aromatic nitrogens is 1. The molecule has 4 heteroatoms. The third kappa shape index (κ3) is 3.21. The maximum Gasteiger partial charge on any atom is 0.226 e. The highest BCUT2D eigenvalue weighted by Crippen LogP contribution is 2.66. The number of nitrogens with zero attached hydrogens (tertiary/aromatic N) is 3. The lowest BCUT2D eigenvalue weighted by Gasteiger charge is -2.58. The van der Waals surface area contributed by atoms with Crippen LogP contribution in [-0.2, 0) is 4.79 Å². The first-order valence-corrected chi connectivity index (χ1v) is 12.1. The number of hydrogen-bond donors (Lipinski definition) is 0. The quantitative estimate of drug-likeness (QED) is 0.689. The van der Waals surface area contributed by atoms with E-state index in [9.17, 15) is 4.79 Å². The Labute approximate surface area is 187 Å². The summed E-state index contributed by atoms with van der Waals surface area (Å²) in [6.07, 6.45) is 15.4. The van der Waals surface area contributed by atoms with E-state index in [2.05, 4.69) is 67.0 Å². The highest BCUT2D eigenvalue weighted by Gasteiger charge is 2.58. The molecule has 1 amide bonds. The van der Waals surface area contributed by atoms with Gasteiger partial charge >= 0.3 is 0 Å². The van der Waals surface area contributed by atoms with Gasteiger partial charge in [0, 0.05) is 43.0 Å². The van der Waals surface area contributed by atoms with Gasteiger partial charge in [-0.3, -0.25) is 9.78 Å². The third-order valence-electron chi connectivity index (χ3n) is 9.20. The fourth-order valence-corrected chi connectivity index (χ4v) is 7.53. The van der Waals surface area contributed by atoms with Gasteiger partial charge in [0.25, 0.3) is 0 Å². The Morgan fingerprint density at radius 3 is 2.71 bits per heavy atom. The molecule has 4 nitrogen and oxygen atoms in total. The van der Waals surface area contributed by atoms with Crippen molar-refractivity contribution in [2.45, 2.75) is 52.4 Å². The van der Waals surface area contributed by atoms with Gasteiger partial charge < -0.3 is 9.80 Å². The molecule has 0 aromatic carbocycles. The van der Waals surface area contributed by atoms with Crippen molar-refractivity contribution in [3.63, 3.8) is 0 Å². The molecule has 1 aromatic rings. The lowest BCUT2D eigenvalue weighted by Crippen LogP contribution is -2.54. The van der Waals surface area contributed by atoms with Gasteiger partial charge in [0.05, 0.1) is 0 Å². The first kappa shape index (κ1) is 20.9. The number of hydrogen-bond acceptors (Lipinski definition) is 3. The van der Waals surface area contributed by atoms with Crippen LogP contribution in [0.3, 0.4) is 0 Å². The van der Waals surface area contributed by atoms with Crippen LogP contribution in [0.5, 0.6) is 0 Å². The monoisotopic (exact) mass is 419 g/mol. The first-order valence-electron chi connectivity index (χ1n) is 12.1. The Bertz CT molecular complexity index is 920. The van der Waals surface area contributed by atoms with Gasteiger partial charge in [-0.25, -0.2) is 0 Å². The molecule has 166 valence electrons. The summed E-state index contributed by atoms with van der Waals surface area (Å²) in [7, 11) is 4.18. The van der Waals surface area contributed by atoms with Crippen LogP contribution in [0.15, 0.2) is 42.4 Å². The van der Waals surface area contributed by atoms with Gasteiger partial charge in [-0.05, 0) is 86.6 Å². The highest BCUT2D eigenvalue weighted by atomic mass is 16.2. The van der Waals surface area contributed by atoms with Crippen molar-refractivity contribution >= 4 is 11.5 Å². The molecular weight excluding hydrogens is 382 g/mol. The van der Waals surface area contributed by atoms with Crippen molar-refractivity contribution in [3.8, 4) is 0 Å². The second-order valence-corrected chi connectivity index (χ2v) is 11.0. The van der Waals surface area contributed by atoms with Crippen LogP contribution in [0.4, 0.5) is 0 Å². The fraction of sp³-hybridized carbons (Fsp3) is 0.630. The third-order valence-corrected chi connectivity index (χ3v) is 9.20. The predicted molar refractivity (Wildman–Crippen MR) is 125 cm³/mol. The minimum Gasteiger partial charge on any atom is -0.315 e. The van der Waals surface area contributed by atoms with Crippen LogP contribution >= 0.6 is 0 Å². The molecule has 1 saturated carbocycles. The number of pyridine rings is 1. The molecule has 0 unspecified atom stereocenters. The normalized spacial score (nSPS) is 37.1. The second kappa shape index (κ2) is 7.58. The molecule has 1 aliphatic heterocycles. The zero-order chi connectivity index (χ0) is 21.8. The number of carbonyl (C=O) groups excluding carboxylic acids is 1. The van der Waals surface area contributed by atoms with E-state index in [1.807, 2.05) is 12.4 Å². The second-order valence-electron chi connectivity index (χ2n) is 11.0. The summed E-state index contributed by atoms with van der Waals surface area (Å²) >= 11 is 0. The lowest BCUT2D eigenvalue weighted by molar-refractivity contribution is -0.137. The Morgan fingerprint density at radius 1 is 1.13 bits per heavy atom. The van der Waals surface area contributed by atoms with E-state index in [0.717, 1.165) is 25.9 Å². The van der Waals surface area contributed by atoms with Crippen molar-refractivity contribution in [2.75, 3.05) is 27.2 Å². The van der Waals surface area contributed by atoms with Gasteiger partial charge in [-0.2, -0.15) is 0 Å². The maximum atomic E-state index is 12.8. The largest absolute Gasteiger partial charge is 0.315 e. The molecule has 3 aliphatic carbocycles. The van der Waals surface area contributed by atoms with Gasteiger partial charge in [0.1, 0.15) is 0 Å². The Balaban J connectivity index is 1.44. The Hall–Kier alpha value is -1.94. The van der Waals surface area contributed by atoms with Crippen molar-refractivity contribution < 1.29 is 4.79 Å². The number of amides is 1. The fourth-order valence-electron chi connectivity index (χ4n) is 7.53. The minimum atomic E-state index is 0.140. The number of allylic oxidation sites excluding steroid dienone is 4. The average Bonchev–Trinajstić information content (AvgIpc) is 3.11. The van der Waals surface area contributed by atoms with E-state index in [4.69, 9.17) is 0 Å². The number of piperidine rings is 1. The van der Waals surface area contributed by atoms with Crippen molar-refractivity contribution in [1.29, 1.82) is 0 Å². The maximum absolute atomic E-state index is 12.8. The number of likely N-dealkylation sites (tertiary alicyclic amines) is 1. The molecule has 5 atom stereocenters. The molecule has 0 N–H and O–H groups in total. The van der Waals surface area contributed by atoms with E-state index >= 15 is 0 Å². The van der Waals surface area contributed by atoms with Gasteiger partial charge in [-0.1, -0.05) is 32.1 Å². The van der Waals surface area contributed by atoms with E-state index < -0.39 is 0 Å². The van der Waals surface area contributed by atoms with Crippen molar-refractivity contribution in [2.24, 2.45) is 28.6 Å². The van der Waals surface area contributed by atoms with Crippen LogP contribution < -0.4 is 0 Å². The lowest BCUT2D eigenvalue weighted by atomic mass is 9.49. The molecule has 2 heterocycles. The number of fused-ring (bicyclic) bond motifs is 5. The summed E-state index contributed by atoms with van der Waals surface area (Å²) in [5, 5.41) is 0. The Kier molecular flexibility index (Phi) is 5.12. The number of likely N-dealkylation sites (N-methyl/N-ethyl adjacent to an activating group) is 1. The molecule has 31 heavy (non-hydrogen) atoms. The summed E-state index contributed by atoms with van der Waals surface area (Å²) in [5.41, 5.74) is 4.56. The van der Waals surface area contributed by atoms with Gasteiger partial charge in [-0.15, -0.1) is 0 Å². The molecule has 1 saturated heterocycles. The van der Waals surface area contributed by atoms with Crippen LogP contribution in [0.2, 0.25) is 0 Å². The van der Waals surface area contributed by atoms with Crippen molar-refractivity contribution in [1.82, 2.24) is 14.8 Å². The molecule has 2 fully saturated rings. The number of rotatable bonds is 4. The summed E-state index contributed by atoms with van der Waals surface area (Å²) in [5.74, 6) is 2.42.